The van der Waals surface area contributed by atoms with Crippen LogP contribution < -0.4 is 20.1 Å². The van der Waals surface area contributed by atoms with Gasteiger partial charge in [0.1, 0.15) is 17.1 Å². The summed E-state index contributed by atoms with van der Waals surface area (Å²) >= 11 is 0. The van der Waals surface area contributed by atoms with E-state index in [2.05, 4.69) is 10.6 Å². The lowest BCUT2D eigenvalue weighted by molar-refractivity contribution is -0.115. The van der Waals surface area contributed by atoms with Gasteiger partial charge in [0.25, 0.3) is 5.91 Å². The highest BCUT2D eigenvalue weighted by atomic mass is 16.5. The van der Waals surface area contributed by atoms with Crippen LogP contribution in [0.5, 0.6) is 11.5 Å². The number of rotatable bonds is 6. The molecule has 0 bridgehead atoms. The Bertz CT molecular complexity index is 664. The van der Waals surface area contributed by atoms with Crippen LogP contribution in [0.25, 0.3) is 0 Å². The number of ether oxygens (including phenoxy) is 2. The molecule has 0 aliphatic heterocycles. The number of hydrogen-bond acceptors (Lipinski definition) is 4. The number of carbonyl (C=O) groups is 2. The zero-order chi connectivity index (χ0) is 16.7. The van der Waals surface area contributed by atoms with Crippen molar-refractivity contribution in [3.63, 3.8) is 0 Å². The first-order valence-corrected chi connectivity index (χ1v) is 6.99. The van der Waals surface area contributed by atoms with Crippen molar-refractivity contribution < 1.29 is 19.1 Å². The van der Waals surface area contributed by atoms with E-state index in [1.165, 1.54) is 14.2 Å². The molecule has 6 nitrogen and oxygen atoms in total. The third-order valence-electron chi connectivity index (χ3n) is 3.12. The van der Waals surface area contributed by atoms with E-state index < -0.39 is 5.91 Å². The number of nitrogens with one attached hydrogen (secondary N) is 2. The summed E-state index contributed by atoms with van der Waals surface area (Å²) in [5, 5.41) is 5.25. The molecule has 23 heavy (non-hydrogen) atoms. The summed E-state index contributed by atoms with van der Waals surface area (Å²) in [6.07, 6.45) is 0. The van der Waals surface area contributed by atoms with Crippen LogP contribution in [0.2, 0.25) is 0 Å². The average Bonchev–Trinajstić information content (AvgIpc) is 2.59. The maximum atomic E-state index is 12.3. The minimum Gasteiger partial charge on any atom is -0.496 e. The first kappa shape index (κ1) is 16.4. The van der Waals surface area contributed by atoms with E-state index in [9.17, 15) is 9.59 Å². The summed E-state index contributed by atoms with van der Waals surface area (Å²) in [7, 11) is 2.93. The molecule has 0 saturated heterocycles. The van der Waals surface area contributed by atoms with Crippen LogP contribution in [0.1, 0.15) is 10.4 Å². The van der Waals surface area contributed by atoms with Crippen molar-refractivity contribution in [1.29, 1.82) is 0 Å². The monoisotopic (exact) mass is 314 g/mol. The quantitative estimate of drug-likeness (QED) is 0.856. The Morgan fingerprint density at radius 2 is 1.52 bits per heavy atom. The topological polar surface area (TPSA) is 76.7 Å². The van der Waals surface area contributed by atoms with E-state index in [1.807, 2.05) is 18.2 Å². The number of methoxy groups -OCH3 is 2. The molecule has 6 heteroatoms. The second-order valence-electron chi connectivity index (χ2n) is 4.63. The number of benzene rings is 2. The van der Waals surface area contributed by atoms with E-state index in [1.54, 1.807) is 30.3 Å². The number of carbonyl (C=O) groups excluding carboxylic acids is 2. The van der Waals surface area contributed by atoms with Gasteiger partial charge in [-0.05, 0) is 24.3 Å². The number of amides is 2. The molecule has 0 aliphatic carbocycles. The van der Waals surface area contributed by atoms with Crippen molar-refractivity contribution in [2.45, 2.75) is 0 Å². The molecule has 2 aromatic rings. The molecule has 2 amide bonds. The molecule has 0 aromatic heterocycles. The number of anilines is 1. The van der Waals surface area contributed by atoms with Gasteiger partial charge in [0.05, 0.1) is 20.8 Å². The van der Waals surface area contributed by atoms with Crippen LogP contribution in [0.4, 0.5) is 5.69 Å². The molecular formula is C17H18N2O4. The Balaban J connectivity index is 2.01. The van der Waals surface area contributed by atoms with Crippen LogP contribution in [-0.2, 0) is 4.79 Å². The molecule has 0 spiro atoms. The van der Waals surface area contributed by atoms with E-state index in [4.69, 9.17) is 9.47 Å². The lowest BCUT2D eigenvalue weighted by atomic mass is 10.1. The molecule has 0 aliphatic rings. The van der Waals surface area contributed by atoms with Gasteiger partial charge in [0.15, 0.2) is 0 Å². The second-order valence-corrected chi connectivity index (χ2v) is 4.63. The highest BCUT2D eigenvalue weighted by molar-refractivity contribution is 6.02. The van der Waals surface area contributed by atoms with E-state index in [0.717, 1.165) is 0 Å². The molecule has 0 saturated carbocycles. The fourth-order valence-corrected chi connectivity index (χ4v) is 2.05. The van der Waals surface area contributed by atoms with Gasteiger partial charge < -0.3 is 20.1 Å². The smallest absolute Gasteiger partial charge is 0.259 e. The molecule has 120 valence electrons. The van der Waals surface area contributed by atoms with Gasteiger partial charge in [-0.3, -0.25) is 9.59 Å². The van der Waals surface area contributed by atoms with Crippen LogP contribution in [0, 0.1) is 0 Å². The summed E-state index contributed by atoms with van der Waals surface area (Å²) in [5.74, 6) is -0.00318. The van der Waals surface area contributed by atoms with Crippen LogP contribution in [0.3, 0.4) is 0 Å². The van der Waals surface area contributed by atoms with Gasteiger partial charge in [-0.25, -0.2) is 0 Å². The average molecular weight is 314 g/mol. The third-order valence-corrected chi connectivity index (χ3v) is 3.12. The highest BCUT2D eigenvalue weighted by Crippen LogP contribution is 2.27. The molecule has 0 heterocycles. The summed E-state index contributed by atoms with van der Waals surface area (Å²) in [6, 6.07) is 14.0. The van der Waals surface area contributed by atoms with Crippen molar-refractivity contribution in [1.82, 2.24) is 5.32 Å². The largest absolute Gasteiger partial charge is 0.496 e. The third kappa shape index (κ3) is 4.23. The first-order chi connectivity index (χ1) is 11.2. The summed E-state index contributed by atoms with van der Waals surface area (Å²) in [4.78, 5) is 24.2. The van der Waals surface area contributed by atoms with Gasteiger partial charge in [-0.2, -0.15) is 0 Å². The Kier molecular flexibility index (Phi) is 5.57. The lowest BCUT2D eigenvalue weighted by Gasteiger charge is -2.13. The van der Waals surface area contributed by atoms with Gasteiger partial charge in [-0.1, -0.05) is 24.3 Å². The minimum absolute atomic E-state index is 0.158. The Morgan fingerprint density at radius 1 is 0.913 bits per heavy atom. The van der Waals surface area contributed by atoms with E-state index >= 15 is 0 Å². The van der Waals surface area contributed by atoms with Crippen LogP contribution in [-0.4, -0.2) is 32.6 Å². The van der Waals surface area contributed by atoms with Gasteiger partial charge >= 0.3 is 0 Å². The van der Waals surface area contributed by atoms with E-state index in [-0.39, 0.29) is 18.0 Å². The van der Waals surface area contributed by atoms with Crippen molar-refractivity contribution in [2.75, 3.05) is 26.1 Å². The minimum atomic E-state index is -0.442. The lowest BCUT2D eigenvalue weighted by Crippen LogP contribution is -2.33. The molecule has 0 unspecified atom stereocenters. The van der Waals surface area contributed by atoms with Gasteiger partial charge in [0.2, 0.25) is 5.91 Å². The van der Waals surface area contributed by atoms with Gasteiger partial charge in [0, 0.05) is 5.69 Å². The highest BCUT2D eigenvalue weighted by Gasteiger charge is 2.18. The molecule has 0 atom stereocenters. The van der Waals surface area contributed by atoms with Crippen molar-refractivity contribution in [3.8, 4) is 11.5 Å². The normalized spacial score (nSPS) is 9.83. The van der Waals surface area contributed by atoms with Gasteiger partial charge in [-0.15, -0.1) is 0 Å². The fraction of sp³-hybridized carbons (Fsp3) is 0.176. The molecule has 0 fully saturated rings. The maximum Gasteiger partial charge on any atom is 0.259 e. The molecule has 2 N–H and O–H groups in total. The van der Waals surface area contributed by atoms with Crippen molar-refractivity contribution >= 4 is 17.5 Å². The van der Waals surface area contributed by atoms with Crippen molar-refractivity contribution in [2.24, 2.45) is 0 Å². The molecule has 2 rings (SSSR count). The maximum absolute atomic E-state index is 12.3. The Labute approximate surface area is 134 Å². The van der Waals surface area contributed by atoms with Crippen LogP contribution >= 0.6 is 0 Å². The summed E-state index contributed by atoms with van der Waals surface area (Å²) < 4.78 is 10.3. The fourth-order valence-electron chi connectivity index (χ4n) is 2.05. The zero-order valence-corrected chi connectivity index (χ0v) is 13.0. The number of hydrogen-bond donors (Lipinski definition) is 2. The molecule has 2 aromatic carbocycles. The SMILES string of the molecule is COc1cccc(OC)c1C(=O)NCC(=O)Nc1ccccc1. The van der Waals surface area contributed by atoms with Crippen molar-refractivity contribution in [3.05, 3.63) is 54.1 Å². The molecule has 0 radical (unpaired) electrons. The zero-order valence-electron chi connectivity index (χ0n) is 13.0. The molecular weight excluding hydrogens is 296 g/mol. The predicted octanol–water partition coefficient (Wildman–Crippen LogP) is 2.07. The first-order valence-electron chi connectivity index (χ1n) is 6.99. The van der Waals surface area contributed by atoms with E-state index in [0.29, 0.717) is 17.2 Å². The van der Waals surface area contributed by atoms with Crippen LogP contribution in [0.15, 0.2) is 48.5 Å². The Morgan fingerprint density at radius 3 is 2.09 bits per heavy atom. The second kappa shape index (κ2) is 7.84. The summed E-state index contributed by atoms with van der Waals surface area (Å²) in [6.45, 7) is -0.158. The Hall–Kier alpha value is -3.02. The summed E-state index contributed by atoms with van der Waals surface area (Å²) in [5.41, 5.74) is 0.923. The number of para-hydroxylation sites is 1. The standard InChI is InChI=1S/C17H18N2O4/c1-22-13-9-6-10-14(23-2)16(13)17(21)18-11-15(20)19-12-7-4-3-5-8-12/h3-10H,11H2,1-2H3,(H,18,21)(H,19,20). The predicted molar refractivity (Wildman–Crippen MR) is 87.0 cm³/mol.